The van der Waals surface area contributed by atoms with Gasteiger partial charge in [0.25, 0.3) is 0 Å². The van der Waals surface area contributed by atoms with Gasteiger partial charge in [0, 0.05) is 33.2 Å². The SMILES string of the molecule is COCCNCCNC(=O)CC1CCCc2ccccc21. The van der Waals surface area contributed by atoms with Crippen molar-refractivity contribution in [3.63, 3.8) is 0 Å². The van der Waals surface area contributed by atoms with Gasteiger partial charge in [-0.3, -0.25) is 4.79 Å². The number of hydrogen-bond donors (Lipinski definition) is 2. The number of nitrogens with one attached hydrogen (secondary N) is 2. The minimum atomic E-state index is 0.158. The number of rotatable bonds is 8. The first-order valence-electron chi connectivity index (χ1n) is 7.85. The van der Waals surface area contributed by atoms with E-state index in [9.17, 15) is 4.79 Å². The van der Waals surface area contributed by atoms with Crippen molar-refractivity contribution < 1.29 is 9.53 Å². The fraction of sp³-hybridized carbons (Fsp3) is 0.588. The van der Waals surface area contributed by atoms with Crippen molar-refractivity contribution in [3.05, 3.63) is 35.4 Å². The maximum Gasteiger partial charge on any atom is 0.220 e. The highest BCUT2D eigenvalue weighted by molar-refractivity contribution is 5.77. The molecule has 1 aliphatic rings. The summed E-state index contributed by atoms with van der Waals surface area (Å²) in [6, 6.07) is 8.54. The first kappa shape index (κ1) is 16.0. The molecule has 0 fully saturated rings. The van der Waals surface area contributed by atoms with E-state index in [0.29, 0.717) is 25.5 Å². The van der Waals surface area contributed by atoms with Crippen LogP contribution in [0.4, 0.5) is 0 Å². The van der Waals surface area contributed by atoms with Crippen molar-refractivity contribution in [1.82, 2.24) is 10.6 Å². The molecule has 4 nitrogen and oxygen atoms in total. The third-order valence-corrected chi connectivity index (χ3v) is 4.03. The average molecular weight is 290 g/mol. The fourth-order valence-corrected chi connectivity index (χ4v) is 2.95. The highest BCUT2D eigenvalue weighted by atomic mass is 16.5. The van der Waals surface area contributed by atoms with E-state index in [1.54, 1.807) is 7.11 Å². The Hall–Kier alpha value is -1.39. The molecule has 1 aliphatic carbocycles. The molecule has 2 N–H and O–H groups in total. The molecule has 0 heterocycles. The third-order valence-electron chi connectivity index (χ3n) is 4.03. The topological polar surface area (TPSA) is 50.4 Å². The molecule has 0 aromatic heterocycles. The lowest BCUT2D eigenvalue weighted by Crippen LogP contribution is -2.33. The summed E-state index contributed by atoms with van der Waals surface area (Å²) >= 11 is 0. The summed E-state index contributed by atoms with van der Waals surface area (Å²) < 4.78 is 4.95. The summed E-state index contributed by atoms with van der Waals surface area (Å²) in [6.07, 6.45) is 4.07. The van der Waals surface area contributed by atoms with E-state index in [4.69, 9.17) is 4.74 Å². The Morgan fingerprint density at radius 3 is 3.00 bits per heavy atom. The Balaban J connectivity index is 1.71. The van der Waals surface area contributed by atoms with Crippen molar-refractivity contribution >= 4 is 5.91 Å². The van der Waals surface area contributed by atoms with Gasteiger partial charge in [-0.15, -0.1) is 0 Å². The molecule has 0 saturated heterocycles. The number of carbonyl (C=O) groups is 1. The lowest BCUT2D eigenvalue weighted by Gasteiger charge is -2.25. The standard InChI is InChI=1S/C17H26N2O2/c1-21-12-11-18-9-10-19-17(20)13-15-7-4-6-14-5-2-3-8-16(14)15/h2-3,5,8,15,18H,4,6-7,9-13H2,1H3,(H,19,20). The number of carbonyl (C=O) groups excluding carboxylic acids is 1. The normalized spacial score (nSPS) is 17.3. The van der Waals surface area contributed by atoms with Gasteiger partial charge in [-0.25, -0.2) is 0 Å². The Labute approximate surface area is 127 Å². The van der Waals surface area contributed by atoms with Crippen molar-refractivity contribution in [2.24, 2.45) is 0 Å². The minimum absolute atomic E-state index is 0.158. The number of benzene rings is 1. The molecule has 1 amide bonds. The van der Waals surface area contributed by atoms with E-state index in [2.05, 4.69) is 34.9 Å². The predicted molar refractivity (Wildman–Crippen MR) is 84.5 cm³/mol. The maximum absolute atomic E-state index is 12.0. The van der Waals surface area contributed by atoms with Crippen LogP contribution in [0.1, 0.15) is 36.3 Å². The second-order valence-corrected chi connectivity index (χ2v) is 5.58. The molecular weight excluding hydrogens is 264 g/mol. The Morgan fingerprint density at radius 2 is 2.14 bits per heavy atom. The number of methoxy groups -OCH3 is 1. The van der Waals surface area contributed by atoms with E-state index < -0.39 is 0 Å². The van der Waals surface area contributed by atoms with Gasteiger partial charge in [-0.1, -0.05) is 24.3 Å². The summed E-state index contributed by atoms with van der Waals surface area (Å²) in [4.78, 5) is 12.0. The Morgan fingerprint density at radius 1 is 1.29 bits per heavy atom. The number of amides is 1. The molecule has 0 spiro atoms. The number of fused-ring (bicyclic) bond motifs is 1. The molecule has 0 saturated carbocycles. The van der Waals surface area contributed by atoms with Gasteiger partial charge in [-0.2, -0.15) is 0 Å². The number of aryl methyl sites for hydroxylation is 1. The monoisotopic (exact) mass is 290 g/mol. The first-order valence-corrected chi connectivity index (χ1v) is 7.85. The van der Waals surface area contributed by atoms with Crippen LogP contribution in [0.3, 0.4) is 0 Å². The summed E-state index contributed by atoms with van der Waals surface area (Å²) in [5.74, 6) is 0.543. The molecule has 1 unspecified atom stereocenters. The Kier molecular flexibility index (Phi) is 6.70. The molecule has 1 atom stereocenters. The molecule has 0 radical (unpaired) electrons. The van der Waals surface area contributed by atoms with Gasteiger partial charge in [0.1, 0.15) is 0 Å². The zero-order valence-corrected chi connectivity index (χ0v) is 12.9. The van der Waals surface area contributed by atoms with Crippen LogP contribution < -0.4 is 10.6 Å². The van der Waals surface area contributed by atoms with Gasteiger partial charge in [0.2, 0.25) is 5.91 Å². The Bertz CT molecular complexity index is 448. The van der Waals surface area contributed by atoms with Crippen molar-refractivity contribution in [2.45, 2.75) is 31.6 Å². The first-order chi connectivity index (χ1) is 10.3. The molecule has 0 aliphatic heterocycles. The van der Waals surface area contributed by atoms with Crippen LogP contribution in [0.15, 0.2) is 24.3 Å². The van der Waals surface area contributed by atoms with E-state index in [1.165, 1.54) is 17.5 Å². The molecule has 21 heavy (non-hydrogen) atoms. The van der Waals surface area contributed by atoms with Gasteiger partial charge in [-0.05, 0) is 36.3 Å². The second-order valence-electron chi connectivity index (χ2n) is 5.58. The van der Waals surface area contributed by atoms with Gasteiger partial charge >= 0.3 is 0 Å². The number of ether oxygens (including phenoxy) is 1. The maximum atomic E-state index is 12.0. The van der Waals surface area contributed by atoms with Crippen LogP contribution in [0.25, 0.3) is 0 Å². The lowest BCUT2D eigenvalue weighted by atomic mass is 9.81. The van der Waals surface area contributed by atoms with Gasteiger partial charge in [0.15, 0.2) is 0 Å². The predicted octanol–water partition coefficient (Wildman–Crippen LogP) is 1.85. The lowest BCUT2D eigenvalue weighted by molar-refractivity contribution is -0.121. The molecule has 2 rings (SSSR count). The summed E-state index contributed by atoms with van der Waals surface area (Å²) in [5.41, 5.74) is 2.79. The van der Waals surface area contributed by atoms with Crippen LogP contribution in [0.5, 0.6) is 0 Å². The smallest absolute Gasteiger partial charge is 0.220 e. The quantitative estimate of drug-likeness (QED) is 0.718. The number of hydrogen-bond acceptors (Lipinski definition) is 3. The zero-order valence-electron chi connectivity index (χ0n) is 12.9. The third kappa shape index (κ3) is 5.14. The molecular formula is C17H26N2O2. The fourth-order valence-electron chi connectivity index (χ4n) is 2.95. The zero-order chi connectivity index (χ0) is 14.9. The van der Waals surface area contributed by atoms with Gasteiger partial charge < -0.3 is 15.4 Å². The summed E-state index contributed by atoms with van der Waals surface area (Å²) in [7, 11) is 1.69. The average Bonchev–Trinajstić information content (AvgIpc) is 2.51. The molecule has 1 aromatic rings. The van der Waals surface area contributed by atoms with Crippen LogP contribution in [-0.2, 0) is 16.0 Å². The molecule has 4 heteroatoms. The second kappa shape index (κ2) is 8.80. The van der Waals surface area contributed by atoms with Crippen LogP contribution in [-0.4, -0.2) is 39.3 Å². The van der Waals surface area contributed by atoms with E-state index in [0.717, 1.165) is 25.9 Å². The van der Waals surface area contributed by atoms with Gasteiger partial charge in [0.05, 0.1) is 6.61 Å². The van der Waals surface area contributed by atoms with E-state index in [1.807, 2.05) is 0 Å². The molecule has 1 aromatic carbocycles. The van der Waals surface area contributed by atoms with Crippen LogP contribution in [0.2, 0.25) is 0 Å². The van der Waals surface area contributed by atoms with E-state index in [-0.39, 0.29) is 5.91 Å². The van der Waals surface area contributed by atoms with Crippen LogP contribution in [0, 0.1) is 0 Å². The highest BCUT2D eigenvalue weighted by Crippen LogP contribution is 2.33. The minimum Gasteiger partial charge on any atom is -0.383 e. The van der Waals surface area contributed by atoms with Crippen LogP contribution >= 0.6 is 0 Å². The highest BCUT2D eigenvalue weighted by Gasteiger charge is 2.21. The van der Waals surface area contributed by atoms with E-state index >= 15 is 0 Å². The summed E-state index contributed by atoms with van der Waals surface area (Å²) in [5, 5.41) is 6.22. The van der Waals surface area contributed by atoms with Crippen molar-refractivity contribution in [1.29, 1.82) is 0 Å². The largest absolute Gasteiger partial charge is 0.383 e. The van der Waals surface area contributed by atoms with Crippen molar-refractivity contribution in [3.8, 4) is 0 Å². The molecule has 0 bridgehead atoms. The molecule has 116 valence electrons. The summed E-state index contributed by atoms with van der Waals surface area (Å²) in [6.45, 7) is 2.99. The van der Waals surface area contributed by atoms with Crippen molar-refractivity contribution in [2.75, 3.05) is 33.4 Å².